The van der Waals surface area contributed by atoms with Crippen LogP contribution in [0, 0.1) is 6.92 Å². The van der Waals surface area contributed by atoms with E-state index in [0.29, 0.717) is 22.8 Å². The molecule has 0 radical (unpaired) electrons. The van der Waals surface area contributed by atoms with Crippen LogP contribution in [0.15, 0.2) is 72.9 Å². The van der Waals surface area contributed by atoms with E-state index in [4.69, 9.17) is 9.47 Å². The molecule has 2 N–H and O–H groups in total. The van der Waals surface area contributed by atoms with Gasteiger partial charge < -0.3 is 20.1 Å². The van der Waals surface area contributed by atoms with Gasteiger partial charge in [-0.15, -0.1) is 0 Å². The molecule has 0 saturated heterocycles. The molecule has 2 aromatic heterocycles. The number of benzene rings is 2. The zero-order chi connectivity index (χ0) is 27.3. The highest BCUT2D eigenvalue weighted by Gasteiger charge is 2.20. The zero-order valence-electron chi connectivity index (χ0n) is 22.1. The normalized spacial score (nSPS) is 11.1. The van der Waals surface area contributed by atoms with Gasteiger partial charge in [0.2, 0.25) is 5.88 Å². The van der Waals surface area contributed by atoms with E-state index in [0.717, 1.165) is 11.3 Å². The standard InChI is InChI=1S/C29H31N5O4/c1-6-37-27(35)24-17-19(2)34(33-24)21-12-9-11-20(18-21)31-28(36)32-23-14-10-16-30-26(23)38-25-15-8-7-13-22(25)29(3,4)5/h7-18H,6H2,1-5H3,(H2,31,32,36). The van der Waals surface area contributed by atoms with Gasteiger partial charge in [-0.1, -0.05) is 45.0 Å². The Morgan fingerprint density at radius 1 is 0.974 bits per heavy atom. The van der Waals surface area contributed by atoms with Crippen molar-refractivity contribution in [1.82, 2.24) is 14.8 Å². The van der Waals surface area contributed by atoms with Gasteiger partial charge in [0.1, 0.15) is 11.4 Å². The van der Waals surface area contributed by atoms with Gasteiger partial charge >= 0.3 is 12.0 Å². The van der Waals surface area contributed by atoms with Crippen molar-refractivity contribution in [3.63, 3.8) is 0 Å². The number of para-hydroxylation sites is 1. The van der Waals surface area contributed by atoms with Gasteiger partial charge in [0.05, 0.1) is 12.3 Å². The maximum absolute atomic E-state index is 12.9. The van der Waals surface area contributed by atoms with Crippen LogP contribution in [0.4, 0.5) is 16.2 Å². The minimum Gasteiger partial charge on any atom is -0.461 e. The zero-order valence-corrected chi connectivity index (χ0v) is 22.1. The highest BCUT2D eigenvalue weighted by atomic mass is 16.5. The number of anilines is 2. The first kappa shape index (κ1) is 26.4. The van der Waals surface area contributed by atoms with Gasteiger partial charge in [0.15, 0.2) is 5.69 Å². The van der Waals surface area contributed by atoms with Crippen LogP contribution >= 0.6 is 0 Å². The van der Waals surface area contributed by atoms with E-state index in [2.05, 4.69) is 41.5 Å². The Morgan fingerprint density at radius 3 is 2.53 bits per heavy atom. The van der Waals surface area contributed by atoms with Crippen LogP contribution in [0.3, 0.4) is 0 Å². The monoisotopic (exact) mass is 513 g/mol. The lowest BCUT2D eigenvalue weighted by molar-refractivity contribution is 0.0519. The topological polar surface area (TPSA) is 107 Å². The summed E-state index contributed by atoms with van der Waals surface area (Å²) in [6, 6.07) is 19.5. The number of carbonyl (C=O) groups excluding carboxylic acids is 2. The second-order valence-corrected chi connectivity index (χ2v) is 9.64. The van der Waals surface area contributed by atoms with Crippen molar-refractivity contribution in [2.45, 2.75) is 40.0 Å². The van der Waals surface area contributed by atoms with Crippen molar-refractivity contribution in [2.24, 2.45) is 0 Å². The molecule has 4 rings (SSSR count). The second kappa shape index (κ2) is 11.2. The average molecular weight is 514 g/mol. The molecule has 9 heteroatoms. The Kier molecular flexibility index (Phi) is 7.76. The van der Waals surface area contributed by atoms with Gasteiger partial charge in [-0.2, -0.15) is 5.10 Å². The highest BCUT2D eigenvalue weighted by molar-refractivity contribution is 6.00. The first-order valence-corrected chi connectivity index (χ1v) is 12.3. The Morgan fingerprint density at radius 2 is 1.76 bits per heavy atom. The van der Waals surface area contributed by atoms with Crippen LogP contribution in [-0.2, 0) is 10.2 Å². The van der Waals surface area contributed by atoms with Crippen molar-refractivity contribution in [2.75, 3.05) is 17.2 Å². The number of aromatic nitrogens is 3. The molecule has 196 valence electrons. The lowest BCUT2D eigenvalue weighted by atomic mass is 9.86. The van der Waals surface area contributed by atoms with E-state index in [1.165, 1.54) is 0 Å². The largest absolute Gasteiger partial charge is 0.461 e. The number of amides is 2. The van der Waals surface area contributed by atoms with E-state index < -0.39 is 12.0 Å². The van der Waals surface area contributed by atoms with E-state index in [-0.39, 0.29) is 23.6 Å². The van der Waals surface area contributed by atoms with E-state index in [1.807, 2.05) is 37.3 Å². The maximum atomic E-state index is 12.9. The molecule has 0 atom stereocenters. The Balaban J connectivity index is 1.50. The number of rotatable bonds is 7. The fourth-order valence-electron chi connectivity index (χ4n) is 3.89. The van der Waals surface area contributed by atoms with Gasteiger partial charge in [-0.3, -0.25) is 0 Å². The smallest absolute Gasteiger partial charge is 0.358 e. The van der Waals surface area contributed by atoms with Crippen molar-refractivity contribution in [3.8, 4) is 17.3 Å². The van der Waals surface area contributed by atoms with E-state index >= 15 is 0 Å². The molecule has 0 unspecified atom stereocenters. The number of carbonyl (C=O) groups is 2. The summed E-state index contributed by atoms with van der Waals surface area (Å²) in [5.41, 5.74) is 3.51. The van der Waals surface area contributed by atoms with E-state index in [1.54, 1.807) is 54.2 Å². The van der Waals surface area contributed by atoms with Gasteiger partial charge in [-0.05, 0) is 61.7 Å². The number of hydrogen-bond donors (Lipinski definition) is 2. The number of nitrogens with zero attached hydrogens (tertiary/aromatic N) is 3. The number of urea groups is 1. The third-order valence-electron chi connectivity index (χ3n) is 5.64. The summed E-state index contributed by atoms with van der Waals surface area (Å²) in [4.78, 5) is 29.3. The van der Waals surface area contributed by atoms with Crippen LogP contribution in [0.2, 0.25) is 0 Å². The summed E-state index contributed by atoms with van der Waals surface area (Å²) >= 11 is 0. The SMILES string of the molecule is CCOC(=O)c1cc(C)n(-c2cccc(NC(=O)Nc3cccnc3Oc3ccccc3C(C)(C)C)c2)n1. The Labute approximate surface area is 221 Å². The number of ether oxygens (including phenoxy) is 2. The summed E-state index contributed by atoms with van der Waals surface area (Å²) in [7, 11) is 0. The minimum atomic E-state index is -0.484. The summed E-state index contributed by atoms with van der Waals surface area (Å²) < 4.78 is 12.8. The molecule has 0 bridgehead atoms. The molecule has 9 nitrogen and oxygen atoms in total. The molecule has 4 aromatic rings. The first-order valence-electron chi connectivity index (χ1n) is 12.3. The molecular weight excluding hydrogens is 482 g/mol. The molecule has 0 spiro atoms. The van der Waals surface area contributed by atoms with Crippen LogP contribution in [0.5, 0.6) is 11.6 Å². The number of esters is 1. The third-order valence-corrected chi connectivity index (χ3v) is 5.64. The number of pyridine rings is 1. The fourth-order valence-corrected chi connectivity index (χ4v) is 3.89. The first-order chi connectivity index (χ1) is 18.2. The molecule has 38 heavy (non-hydrogen) atoms. The van der Waals surface area contributed by atoms with Crippen LogP contribution in [0.1, 0.15) is 49.4 Å². The van der Waals surface area contributed by atoms with Crippen LogP contribution < -0.4 is 15.4 Å². The number of hydrogen-bond acceptors (Lipinski definition) is 6. The lowest BCUT2D eigenvalue weighted by Gasteiger charge is -2.22. The molecule has 0 aliphatic heterocycles. The second-order valence-electron chi connectivity index (χ2n) is 9.64. The number of aryl methyl sites for hydroxylation is 1. The Bertz CT molecular complexity index is 1460. The fraction of sp³-hybridized carbons (Fsp3) is 0.241. The third kappa shape index (κ3) is 6.18. The molecule has 0 fully saturated rings. The summed E-state index contributed by atoms with van der Waals surface area (Å²) in [6.45, 7) is 10.2. The minimum absolute atomic E-state index is 0.134. The summed E-state index contributed by atoms with van der Waals surface area (Å²) in [6.07, 6.45) is 1.61. The van der Waals surface area contributed by atoms with Crippen LogP contribution in [-0.4, -0.2) is 33.4 Å². The molecule has 0 aliphatic rings. The van der Waals surface area contributed by atoms with Gasteiger partial charge in [0.25, 0.3) is 0 Å². The molecule has 2 heterocycles. The highest BCUT2D eigenvalue weighted by Crippen LogP contribution is 2.35. The van der Waals surface area contributed by atoms with Crippen molar-refractivity contribution in [3.05, 3.63) is 89.9 Å². The summed E-state index contributed by atoms with van der Waals surface area (Å²) in [5, 5.41) is 10.0. The van der Waals surface area contributed by atoms with Gasteiger partial charge in [0, 0.05) is 23.1 Å². The molecule has 0 saturated carbocycles. The van der Waals surface area contributed by atoms with Crippen molar-refractivity contribution < 1.29 is 19.1 Å². The molecular formula is C29H31N5O4. The van der Waals surface area contributed by atoms with Crippen molar-refractivity contribution in [1.29, 1.82) is 0 Å². The summed E-state index contributed by atoms with van der Waals surface area (Å²) in [5.74, 6) is 0.473. The van der Waals surface area contributed by atoms with Gasteiger partial charge in [-0.25, -0.2) is 19.3 Å². The van der Waals surface area contributed by atoms with Crippen LogP contribution in [0.25, 0.3) is 5.69 Å². The van der Waals surface area contributed by atoms with Crippen molar-refractivity contribution >= 4 is 23.4 Å². The number of nitrogens with one attached hydrogen (secondary N) is 2. The molecule has 2 amide bonds. The Hall–Kier alpha value is -4.66. The van der Waals surface area contributed by atoms with E-state index in [9.17, 15) is 9.59 Å². The predicted octanol–water partition coefficient (Wildman–Crippen LogP) is 6.49. The quantitative estimate of drug-likeness (QED) is 0.274. The predicted molar refractivity (Wildman–Crippen MR) is 146 cm³/mol. The maximum Gasteiger partial charge on any atom is 0.358 e. The lowest BCUT2D eigenvalue weighted by Crippen LogP contribution is -2.20. The molecule has 0 aliphatic carbocycles. The average Bonchev–Trinajstić information content (AvgIpc) is 3.27. The molecule has 2 aromatic carbocycles.